The van der Waals surface area contributed by atoms with Crippen LogP contribution in [0.4, 0.5) is 5.69 Å². The molecule has 1 aliphatic carbocycles. The van der Waals surface area contributed by atoms with Gasteiger partial charge in [-0.3, -0.25) is 9.59 Å². The summed E-state index contributed by atoms with van der Waals surface area (Å²) in [6.45, 7) is 0.00999. The fourth-order valence-corrected chi connectivity index (χ4v) is 2.17. The quantitative estimate of drug-likeness (QED) is 0.895. The smallest absolute Gasteiger partial charge is 0.250 e. The lowest BCUT2D eigenvalue weighted by Crippen LogP contribution is -2.26. The third-order valence-electron chi connectivity index (χ3n) is 3.29. The van der Waals surface area contributed by atoms with Crippen LogP contribution in [-0.2, 0) is 14.3 Å². The molecular formula is C15H19NO4. The zero-order valence-electron chi connectivity index (χ0n) is 11.6. The predicted octanol–water partition coefficient (Wildman–Crippen LogP) is 2.16. The predicted molar refractivity (Wildman–Crippen MR) is 74.8 cm³/mol. The van der Waals surface area contributed by atoms with Crippen molar-refractivity contribution in [2.45, 2.75) is 31.8 Å². The SMILES string of the molecule is COc1cccc(NC(=O)COC2CCC(=O)CC2)c1. The fraction of sp³-hybridized carbons (Fsp3) is 0.467. The number of benzene rings is 1. The van der Waals surface area contributed by atoms with Crippen LogP contribution in [0.2, 0.25) is 0 Å². The van der Waals surface area contributed by atoms with Gasteiger partial charge in [0.1, 0.15) is 18.1 Å². The van der Waals surface area contributed by atoms with Crippen LogP contribution in [0.15, 0.2) is 24.3 Å². The summed E-state index contributed by atoms with van der Waals surface area (Å²) in [4.78, 5) is 22.9. The number of ketones is 1. The monoisotopic (exact) mass is 277 g/mol. The van der Waals surface area contributed by atoms with Gasteiger partial charge in [-0.1, -0.05) is 6.07 Å². The number of ether oxygens (including phenoxy) is 2. The van der Waals surface area contributed by atoms with Gasteiger partial charge in [0.25, 0.3) is 0 Å². The molecule has 0 spiro atoms. The highest BCUT2D eigenvalue weighted by Gasteiger charge is 2.19. The summed E-state index contributed by atoms with van der Waals surface area (Å²) in [5, 5.41) is 2.75. The minimum atomic E-state index is -0.199. The van der Waals surface area contributed by atoms with Crippen molar-refractivity contribution in [2.24, 2.45) is 0 Å². The number of carbonyl (C=O) groups is 2. The van der Waals surface area contributed by atoms with Gasteiger partial charge in [0, 0.05) is 24.6 Å². The zero-order chi connectivity index (χ0) is 14.4. The number of carbonyl (C=O) groups excluding carboxylic acids is 2. The maximum absolute atomic E-state index is 11.8. The van der Waals surface area contributed by atoms with Crippen molar-refractivity contribution in [3.8, 4) is 5.75 Å². The highest BCUT2D eigenvalue weighted by Crippen LogP contribution is 2.19. The van der Waals surface area contributed by atoms with E-state index in [0.717, 1.165) is 0 Å². The fourth-order valence-electron chi connectivity index (χ4n) is 2.17. The third-order valence-corrected chi connectivity index (χ3v) is 3.29. The summed E-state index contributed by atoms with van der Waals surface area (Å²) < 4.78 is 10.6. The van der Waals surface area contributed by atoms with Crippen molar-refractivity contribution in [3.05, 3.63) is 24.3 Å². The average Bonchev–Trinajstić information content (AvgIpc) is 2.47. The molecule has 0 bridgehead atoms. The van der Waals surface area contributed by atoms with Crippen molar-refractivity contribution >= 4 is 17.4 Å². The largest absolute Gasteiger partial charge is 0.497 e. The standard InChI is InChI=1S/C15H19NO4/c1-19-14-4-2-3-11(9-14)16-15(18)10-20-13-7-5-12(17)6-8-13/h2-4,9,13H,5-8,10H2,1H3,(H,16,18). The molecule has 1 aromatic carbocycles. The second-order valence-electron chi connectivity index (χ2n) is 4.83. The van der Waals surface area contributed by atoms with Crippen molar-refractivity contribution in [1.82, 2.24) is 0 Å². The van der Waals surface area contributed by atoms with Crippen LogP contribution in [0.25, 0.3) is 0 Å². The minimum Gasteiger partial charge on any atom is -0.497 e. The van der Waals surface area contributed by atoms with Crippen LogP contribution in [0.5, 0.6) is 5.75 Å². The van der Waals surface area contributed by atoms with Crippen molar-refractivity contribution < 1.29 is 19.1 Å². The van der Waals surface area contributed by atoms with Crippen LogP contribution in [-0.4, -0.2) is 31.5 Å². The number of nitrogens with one attached hydrogen (secondary N) is 1. The Labute approximate surface area is 118 Å². The Bertz CT molecular complexity index is 477. The van der Waals surface area contributed by atoms with Gasteiger partial charge in [-0.05, 0) is 25.0 Å². The molecule has 0 radical (unpaired) electrons. The normalized spacial score (nSPS) is 15.9. The highest BCUT2D eigenvalue weighted by molar-refractivity contribution is 5.91. The molecule has 1 amide bonds. The molecule has 1 saturated carbocycles. The summed E-state index contributed by atoms with van der Waals surface area (Å²) in [7, 11) is 1.58. The van der Waals surface area contributed by atoms with E-state index < -0.39 is 0 Å². The second-order valence-corrected chi connectivity index (χ2v) is 4.83. The number of Topliss-reactive ketones (excluding diaryl/α,β-unsaturated/α-hetero) is 1. The van der Waals surface area contributed by atoms with Crippen molar-refractivity contribution in [1.29, 1.82) is 0 Å². The lowest BCUT2D eigenvalue weighted by Gasteiger charge is -2.21. The second kappa shape index (κ2) is 7.05. The topological polar surface area (TPSA) is 64.6 Å². The maximum Gasteiger partial charge on any atom is 0.250 e. The summed E-state index contributed by atoms with van der Waals surface area (Å²) in [6.07, 6.45) is 2.56. The maximum atomic E-state index is 11.8. The molecule has 1 aliphatic rings. The van der Waals surface area contributed by atoms with Crippen LogP contribution in [0.3, 0.4) is 0 Å². The van der Waals surface area contributed by atoms with E-state index in [-0.39, 0.29) is 24.4 Å². The highest BCUT2D eigenvalue weighted by atomic mass is 16.5. The first-order valence-electron chi connectivity index (χ1n) is 6.74. The van der Waals surface area contributed by atoms with Crippen molar-refractivity contribution in [3.63, 3.8) is 0 Å². The number of anilines is 1. The Morgan fingerprint density at radius 1 is 1.35 bits per heavy atom. The molecule has 5 heteroatoms. The molecule has 0 aliphatic heterocycles. The van der Waals surface area contributed by atoms with Gasteiger partial charge in [0.05, 0.1) is 13.2 Å². The Hall–Kier alpha value is -1.88. The van der Waals surface area contributed by atoms with Crippen LogP contribution in [0, 0.1) is 0 Å². The van der Waals surface area contributed by atoms with E-state index in [1.807, 2.05) is 12.1 Å². The Balaban J connectivity index is 1.76. The number of rotatable bonds is 5. The van der Waals surface area contributed by atoms with E-state index >= 15 is 0 Å². The summed E-state index contributed by atoms with van der Waals surface area (Å²) in [5.41, 5.74) is 0.678. The Morgan fingerprint density at radius 3 is 2.80 bits per heavy atom. The summed E-state index contributed by atoms with van der Waals surface area (Å²) in [6, 6.07) is 7.16. The zero-order valence-corrected chi connectivity index (χ0v) is 11.6. The van der Waals surface area contributed by atoms with E-state index in [4.69, 9.17) is 9.47 Å². The van der Waals surface area contributed by atoms with Gasteiger partial charge < -0.3 is 14.8 Å². The molecular weight excluding hydrogens is 258 g/mol. The Kier molecular flexibility index (Phi) is 5.12. The molecule has 2 rings (SSSR count). The van der Waals surface area contributed by atoms with Crippen LogP contribution in [0.1, 0.15) is 25.7 Å². The first-order valence-corrected chi connectivity index (χ1v) is 6.74. The van der Waals surface area contributed by atoms with Gasteiger partial charge in [-0.2, -0.15) is 0 Å². The molecule has 1 aromatic rings. The van der Waals surface area contributed by atoms with Gasteiger partial charge in [-0.25, -0.2) is 0 Å². The first-order chi connectivity index (χ1) is 9.67. The summed E-state index contributed by atoms with van der Waals surface area (Å²) in [5.74, 6) is 0.773. The van der Waals surface area contributed by atoms with Crippen LogP contribution < -0.4 is 10.1 Å². The molecule has 0 saturated heterocycles. The molecule has 20 heavy (non-hydrogen) atoms. The molecule has 0 aromatic heterocycles. The number of amides is 1. The molecule has 1 fully saturated rings. The lowest BCUT2D eigenvalue weighted by atomic mass is 9.96. The van der Waals surface area contributed by atoms with E-state index in [1.54, 1.807) is 19.2 Å². The van der Waals surface area contributed by atoms with Gasteiger partial charge in [0.2, 0.25) is 5.91 Å². The third kappa shape index (κ3) is 4.35. The molecule has 1 N–H and O–H groups in total. The molecule has 5 nitrogen and oxygen atoms in total. The summed E-state index contributed by atoms with van der Waals surface area (Å²) >= 11 is 0. The molecule has 0 heterocycles. The van der Waals surface area contributed by atoms with Crippen molar-refractivity contribution in [2.75, 3.05) is 19.0 Å². The number of hydrogen-bond donors (Lipinski definition) is 1. The molecule has 108 valence electrons. The van der Waals surface area contributed by atoms with E-state index in [9.17, 15) is 9.59 Å². The first kappa shape index (κ1) is 14.5. The Morgan fingerprint density at radius 2 is 2.10 bits per heavy atom. The average molecular weight is 277 g/mol. The van der Waals surface area contributed by atoms with Crippen LogP contribution >= 0.6 is 0 Å². The minimum absolute atomic E-state index is 0.00999. The molecule has 0 atom stereocenters. The lowest BCUT2D eigenvalue weighted by molar-refractivity contribution is -0.126. The number of methoxy groups -OCH3 is 1. The number of hydrogen-bond acceptors (Lipinski definition) is 4. The van der Waals surface area contributed by atoms with E-state index in [2.05, 4.69) is 5.32 Å². The van der Waals surface area contributed by atoms with Gasteiger partial charge >= 0.3 is 0 Å². The van der Waals surface area contributed by atoms with Gasteiger partial charge in [0.15, 0.2) is 0 Å². The van der Waals surface area contributed by atoms with Gasteiger partial charge in [-0.15, -0.1) is 0 Å². The van der Waals surface area contributed by atoms with E-state index in [1.165, 1.54) is 0 Å². The molecule has 0 unspecified atom stereocenters. The van der Waals surface area contributed by atoms with E-state index in [0.29, 0.717) is 37.1 Å².